The Morgan fingerprint density at radius 2 is 1.88 bits per heavy atom. The number of imidazole rings is 1. The molecule has 1 heterocycles. The van der Waals surface area contributed by atoms with Crippen LogP contribution in [0.25, 0.3) is 11.0 Å². The lowest BCUT2D eigenvalue weighted by molar-refractivity contribution is -0.145. The molecule has 4 N–H and O–H groups in total. The number of carbonyl (C=O) groups is 1. The van der Waals surface area contributed by atoms with Crippen molar-refractivity contribution >= 4 is 33.1 Å². The van der Waals surface area contributed by atoms with Crippen molar-refractivity contribution in [1.29, 1.82) is 0 Å². The number of nitrogens with one attached hydrogen (secondary N) is 1. The first-order valence-corrected chi connectivity index (χ1v) is 14.9. The van der Waals surface area contributed by atoms with Crippen LogP contribution in [0.1, 0.15) is 52.0 Å². The molecule has 0 bridgehead atoms. The molecule has 0 saturated heterocycles. The third-order valence-electron chi connectivity index (χ3n) is 6.82. The molecule has 2 aromatic carbocycles. The summed E-state index contributed by atoms with van der Waals surface area (Å²) in [5.41, 5.74) is 7.13. The normalized spacial score (nSPS) is 16.4. The molecule has 0 aliphatic heterocycles. The quantitative estimate of drug-likeness (QED) is 0.312. The number of benzene rings is 2. The molecule has 0 spiro atoms. The highest BCUT2D eigenvalue weighted by atomic mass is 32.2. The zero-order valence-corrected chi connectivity index (χ0v) is 24.2. The fourth-order valence-corrected chi connectivity index (χ4v) is 6.04. The predicted octanol–water partition coefficient (Wildman–Crippen LogP) is 3.52. The number of fused-ring (bicyclic) bond motifs is 1. The van der Waals surface area contributed by atoms with Crippen molar-refractivity contribution in [3.8, 4) is 0 Å². The first-order chi connectivity index (χ1) is 18.8. The Balaban J connectivity index is 1.63. The summed E-state index contributed by atoms with van der Waals surface area (Å²) in [6, 6.07) is 13.0. The number of aliphatic hydroxyl groups excluding tert-OH is 1. The van der Waals surface area contributed by atoms with Gasteiger partial charge < -0.3 is 25.5 Å². The fraction of sp³-hybridized carbons (Fsp3) is 0.500. The van der Waals surface area contributed by atoms with Crippen LogP contribution in [-0.4, -0.2) is 64.0 Å². The highest BCUT2D eigenvalue weighted by Gasteiger charge is 2.35. The van der Waals surface area contributed by atoms with Gasteiger partial charge in [0.1, 0.15) is 5.60 Å². The molecule has 12 heteroatoms. The summed E-state index contributed by atoms with van der Waals surface area (Å²) in [6.07, 6.45) is 1.19. The molecule has 4 rings (SSSR count). The van der Waals surface area contributed by atoms with Crippen LogP contribution in [0.5, 0.6) is 0 Å². The average Bonchev–Trinajstić information content (AvgIpc) is 3.49. The summed E-state index contributed by atoms with van der Waals surface area (Å²) < 4.78 is 35.7. The lowest BCUT2D eigenvalue weighted by atomic mass is 10.0. The fourth-order valence-electron chi connectivity index (χ4n) is 4.72. The van der Waals surface area contributed by atoms with Crippen molar-refractivity contribution < 1.29 is 27.9 Å². The van der Waals surface area contributed by atoms with Crippen molar-refractivity contribution in [2.45, 2.75) is 81.6 Å². The number of amides is 1. The van der Waals surface area contributed by atoms with Gasteiger partial charge in [0.15, 0.2) is 0 Å². The molecular weight excluding hydrogens is 534 g/mol. The molecule has 0 unspecified atom stereocenters. The van der Waals surface area contributed by atoms with Crippen molar-refractivity contribution in [2.75, 3.05) is 12.3 Å². The summed E-state index contributed by atoms with van der Waals surface area (Å²) in [4.78, 5) is 22.9. The van der Waals surface area contributed by atoms with Crippen LogP contribution in [0.2, 0.25) is 0 Å². The van der Waals surface area contributed by atoms with E-state index in [1.54, 1.807) is 38.5 Å². The number of ether oxygens (including phenoxy) is 1. The lowest BCUT2D eigenvalue weighted by Crippen LogP contribution is -2.51. The SMILES string of the molecule is Cn1c(N)nc2cc(S(=O)(=O)N(C[C@@H](O)[C@H](Cc3ccccc3)NC(=O)OC(C)(C)C)OC3CCCC3)ccc21. The molecule has 1 aliphatic rings. The molecule has 1 aromatic heterocycles. The van der Waals surface area contributed by atoms with Gasteiger partial charge in [-0.15, -0.1) is 0 Å². The summed E-state index contributed by atoms with van der Waals surface area (Å²) >= 11 is 0. The monoisotopic (exact) mass is 573 g/mol. The maximum atomic E-state index is 13.9. The number of aromatic nitrogens is 2. The van der Waals surface area contributed by atoms with E-state index in [0.29, 0.717) is 23.9 Å². The van der Waals surface area contributed by atoms with Crippen molar-refractivity contribution in [1.82, 2.24) is 19.3 Å². The molecular formula is C28H39N5O6S. The molecule has 1 aliphatic carbocycles. The Kier molecular flexibility index (Phi) is 9.03. The Hall–Kier alpha value is -3.19. The number of nitrogens with zero attached hydrogens (tertiary/aromatic N) is 3. The standard InChI is InChI=1S/C28H39N5O6S/c1-28(2,3)38-27(35)31-23(16-19-10-6-5-7-11-19)25(34)18-33(39-20-12-8-9-13-20)40(36,37)21-14-15-24-22(17-21)30-26(29)32(24)4/h5-7,10-11,14-15,17,20,23,25,34H,8-9,12-13,16,18H2,1-4H3,(H2,29,30)(H,31,35)/t23-,25+/m0/s1. The van der Waals surface area contributed by atoms with Gasteiger partial charge in [0.05, 0.1) is 40.7 Å². The number of carbonyl (C=O) groups excluding carboxylic acids is 1. The summed E-state index contributed by atoms with van der Waals surface area (Å²) in [7, 11) is -2.48. The van der Waals surface area contributed by atoms with E-state index in [1.165, 1.54) is 12.1 Å². The molecule has 0 radical (unpaired) electrons. The molecule has 1 saturated carbocycles. The summed E-state index contributed by atoms with van der Waals surface area (Å²) in [6.45, 7) is 4.82. The zero-order valence-electron chi connectivity index (χ0n) is 23.4. The first kappa shape index (κ1) is 29.8. The van der Waals surface area contributed by atoms with Crippen LogP contribution in [0.15, 0.2) is 53.4 Å². The Morgan fingerprint density at radius 1 is 1.20 bits per heavy atom. The largest absolute Gasteiger partial charge is 0.444 e. The second-order valence-electron chi connectivity index (χ2n) is 11.2. The first-order valence-electron chi connectivity index (χ1n) is 13.5. The van der Waals surface area contributed by atoms with Gasteiger partial charge in [-0.3, -0.25) is 4.84 Å². The minimum absolute atomic E-state index is 0.0389. The van der Waals surface area contributed by atoms with Gasteiger partial charge in [-0.05, 0) is 63.8 Å². The molecule has 11 nitrogen and oxygen atoms in total. The number of aryl methyl sites for hydroxylation is 1. The van der Waals surface area contributed by atoms with E-state index in [2.05, 4.69) is 10.3 Å². The molecule has 2 atom stereocenters. The van der Waals surface area contributed by atoms with Crippen molar-refractivity contribution in [3.05, 3.63) is 54.1 Å². The molecule has 40 heavy (non-hydrogen) atoms. The highest BCUT2D eigenvalue weighted by molar-refractivity contribution is 7.89. The van der Waals surface area contributed by atoms with Crippen LogP contribution in [-0.2, 0) is 33.1 Å². The smallest absolute Gasteiger partial charge is 0.407 e. The maximum Gasteiger partial charge on any atom is 0.407 e. The molecule has 3 aromatic rings. The summed E-state index contributed by atoms with van der Waals surface area (Å²) in [5, 5.41) is 14.1. The number of anilines is 1. The van der Waals surface area contributed by atoms with Crippen molar-refractivity contribution in [3.63, 3.8) is 0 Å². The second kappa shape index (κ2) is 12.1. The van der Waals surface area contributed by atoms with Crippen LogP contribution in [0, 0.1) is 0 Å². The van der Waals surface area contributed by atoms with Crippen LogP contribution in [0.4, 0.5) is 10.7 Å². The zero-order chi connectivity index (χ0) is 29.1. The van der Waals surface area contributed by atoms with Gasteiger partial charge in [0, 0.05) is 7.05 Å². The number of hydroxylamine groups is 1. The van der Waals surface area contributed by atoms with Gasteiger partial charge in [0.25, 0.3) is 10.0 Å². The number of aliphatic hydroxyl groups is 1. The summed E-state index contributed by atoms with van der Waals surface area (Å²) in [5.74, 6) is 0.260. The molecule has 1 fully saturated rings. The third-order valence-corrected chi connectivity index (χ3v) is 8.44. The number of hydrogen-bond donors (Lipinski definition) is 3. The van der Waals surface area contributed by atoms with Gasteiger partial charge >= 0.3 is 6.09 Å². The van der Waals surface area contributed by atoms with E-state index in [1.807, 2.05) is 30.3 Å². The van der Waals surface area contributed by atoms with Gasteiger partial charge in [0.2, 0.25) is 5.95 Å². The third kappa shape index (κ3) is 7.30. The number of hydrogen-bond acceptors (Lipinski definition) is 8. The maximum absolute atomic E-state index is 13.9. The van der Waals surface area contributed by atoms with Gasteiger partial charge in [-0.25, -0.2) is 18.2 Å². The number of nitrogen functional groups attached to an aromatic ring is 1. The van der Waals surface area contributed by atoms with Crippen LogP contribution < -0.4 is 11.1 Å². The minimum Gasteiger partial charge on any atom is -0.444 e. The minimum atomic E-state index is -4.23. The number of sulfonamides is 1. The Labute approximate surface area is 235 Å². The average molecular weight is 574 g/mol. The number of alkyl carbamates (subject to hydrolysis) is 1. The van der Waals surface area contributed by atoms with Crippen LogP contribution >= 0.6 is 0 Å². The lowest BCUT2D eigenvalue weighted by Gasteiger charge is -2.31. The predicted molar refractivity (Wildman–Crippen MR) is 152 cm³/mol. The Morgan fingerprint density at radius 3 is 2.52 bits per heavy atom. The van der Waals surface area contributed by atoms with Gasteiger partial charge in [-0.1, -0.05) is 47.6 Å². The Bertz CT molecular complexity index is 1410. The van der Waals surface area contributed by atoms with Gasteiger partial charge in [-0.2, -0.15) is 0 Å². The van der Waals surface area contributed by atoms with E-state index in [4.69, 9.17) is 15.3 Å². The molecule has 1 amide bonds. The van der Waals surface area contributed by atoms with E-state index in [0.717, 1.165) is 22.9 Å². The van der Waals surface area contributed by atoms with E-state index >= 15 is 0 Å². The highest BCUT2D eigenvalue weighted by Crippen LogP contribution is 2.28. The second-order valence-corrected chi connectivity index (χ2v) is 13.0. The number of nitrogens with two attached hydrogens (primary N) is 1. The van der Waals surface area contributed by atoms with Crippen molar-refractivity contribution in [2.24, 2.45) is 7.05 Å². The van der Waals surface area contributed by atoms with E-state index in [9.17, 15) is 18.3 Å². The number of rotatable bonds is 10. The topological polar surface area (TPSA) is 149 Å². The van der Waals surface area contributed by atoms with Crippen LogP contribution in [0.3, 0.4) is 0 Å². The van der Waals surface area contributed by atoms with E-state index in [-0.39, 0.29) is 23.4 Å². The molecule has 218 valence electrons. The van der Waals surface area contributed by atoms with E-state index < -0.39 is 40.4 Å².